The van der Waals surface area contributed by atoms with E-state index in [1.807, 2.05) is 0 Å². The van der Waals surface area contributed by atoms with E-state index in [-0.39, 0.29) is 18.6 Å². The maximum Gasteiger partial charge on any atom is 0.279 e. The van der Waals surface area contributed by atoms with E-state index in [9.17, 15) is 13.5 Å². The number of hydrogen-bond donors (Lipinski definition) is 2. The molecule has 3 fully saturated rings. The van der Waals surface area contributed by atoms with E-state index < -0.39 is 10.2 Å². The van der Waals surface area contributed by atoms with Gasteiger partial charge in [-0.05, 0) is 56.3 Å². The second-order valence-corrected chi connectivity index (χ2v) is 8.07. The Morgan fingerprint density at radius 1 is 1.16 bits per heavy atom. The van der Waals surface area contributed by atoms with Crippen molar-refractivity contribution in [2.24, 2.45) is 17.8 Å². The number of piperidine rings is 1. The Labute approximate surface area is 115 Å². The first-order chi connectivity index (χ1) is 9.10. The molecule has 1 heterocycles. The highest BCUT2D eigenvalue weighted by Crippen LogP contribution is 2.44. The number of hydrogen-bond acceptors (Lipinski definition) is 3. The summed E-state index contributed by atoms with van der Waals surface area (Å²) in [5.41, 5.74) is 0. The van der Waals surface area contributed by atoms with Gasteiger partial charge in [0.25, 0.3) is 10.2 Å². The molecule has 2 aliphatic carbocycles. The van der Waals surface area contributed by atoms with Crippen molar-refractivity contribution >= 4 is 10.2 Å². The molecule has 3 aliphatic rings. The highest BCUT2D eigenvalue weighted by atomic mass is 32.2. The molecule has 5 nitrogen and oxygen atoms in total. The van der Waals surface area contributed by atoms with Crippen molar-refractivity contribution in [3.05, 3.63) is 0 Å². The Morgan fingerprint density at radius 2 is 1.79 bits per heavy atom. The summed E-state index contributed by atoms with van der Waals surface area (Å²) >= 11 is 0. The zero-order valence-corrected chi connectivity index (χ0v) is 12.1. The molecule has 2 saturated carbocycles. The van der Waals surface area contributed by atoms with Crippen LogP contribution in [0.2, 0.25) is 0 Å². The van der Waals surface area contributed by atoms with Crippen molar-refractivity contribution in [2.75, 3.05) is 19.7 Å². The Kier molecular flexibility index (Phi) is 3.86. The maximum atomic E-state index is 12.5. The summed E-state index contributed by atoms with van der Waals surface area (Å²) in [5, 5.41) is 9.21. The molecule has 0 radical (unpaired) electrons. The monoisotopic (exact) mass is 288 g/mol. The fourth-order valence-corrected chi connectivity index (χ4v) is 4.78. The smallest absolute Gasteiger partial charge is 0.279 e. The molecule has 0 aromatic rings. The van der Waals surface area contributed by atoms with Crippen molar-refractivity contribution in [2.45, 2.75) is 44.6 Å². The normalized spacial score (nSPS) is 29.9. The lowest BCUT2D eigenvalue weighted by Crippen LogP contribution is -2.50. The summed E-state index contributed by atoms with van der Waals surface area (Å²) in [6.07, 6.45) is 6.46. The van der Waals surface area contributed by atoms with Gasteiger partial charge in [0, 0.05) is 25.7 Å². The van der Waals surface area contributed by atoms with Gasteiger partial charge in [0.15, 0.2) is 0 Å². The molecule has 1 unspecified atom stereocenters. The van der Waals surface area contributed by atoms with Gasteiger partial charge >= 0.3 is 0 Å². The number of nitrogens with zero attached hydrogens (tertiary/aromatic N) is 1. The SMILES string of the molecule is O=S(=O)(NC(C1CC1)C1CC1)N1CCCC(CO)C1. The molecule has 110 valence electrons. The van der Waals surface area contributed by atoms with Gasteiger partial charge < -0.3 is 5.11 Å². The first-order valence-corrected chi connectivity index (χ1v) is 8.92. The molecule has 3 rings (SSSR count). The molecular formula is C13H24N2O3S. The molecule has 0 aromatic heterocycles. The van der Waals surface area contributed by atoms with Gasteiger partial charge in [-0.1, -0.05) is 0 Å². The van der Waals surface area contributed by atoms with E-state index in [4.69, 9.17) is 0 Å². The third-order valence-corrected chi connectivity index (χ3v) is 6.21. The van der Waals surface area contributed by atoms with Crippen LogP contribution in [0, 0.1) is 17.8 Å². The summed E-state index contributed by atoms with van der Waals surface area (Å²) in [6, 6.07) is 0.166. The average molecular weight is 288 g/mol. The molecule has 6 heteroatoms. The van der Waals surface area contributed by atoms with Gasteiger partial charge in [0.2, 0.25) is 0 Å². The van der Waals surface area contributed by atoms with Crippen LogP contribution in [-0.2, 0) is 10.2 Å². The lowest BCUT2D eigenvalue weighted by molar-refractivity contribution is 0.164. The zero-order chi connectivity index (χ0) is 13.5. The Hall–Kier alpha value is -0.170. The Morgan fingerprint density at radius 3 is 2.32 bits per heavy atom. The second kappa shape index (κ2) is 5.31. The molecule has 0 aromatic carbocycles. The summed E-state index contributed by atoms with van der Waals surface area (Å²) < 4.78 is 29.4. The molecule has 1 aliphatic heterocycles. The van der Waals surface area contributed by atoms with E-state index in [1.165, 1.54) is 30.0 Å². The minimum atomic E-state index is -3.36. The third kappa shape index (κ3) is 3.29. The maximum absolute atomic E-state index is 12.5. The van der Waals surface area contributed by atoms with Gasteiger partial charge in [-0.3, -0.25) is 0 Å². The Bertz CT molecular complexity index is 406. The lowest BCUT2D eigenvalue weighted by Gasteiger charge is -2.32. The average Bonchev–Trinajstić information content (AvgIpc) is 3.29. The lowest BCUT2D eigenvalue weighted by atomic mass is 10.0. The molecule has 0 bridgehead atoms. The molecule has 2 N–H and O–H groups in total. The van der Waals surface area contributed by atoms with E-state index in [2.05, 4.69) is 4.72 Å². The predicted molar refractivity (Wildman–Crippen MR) is 72.7 cm³/mol. The molecule has 1 atom stereocenters. The second-order valence-electron chi connectivity index (χ2n) is 6.37. The van der Waals surface area contributed by atoms with Crippen LogP contribution in [0.1, 0.15) is 38.5 Å². The molecule has 0 spiro atoms. The van der Waals surface area contributed by atoms with Crippen LogP contribution in [-0.4, -0.2) is 43.6 Å². The van der Waals surface area contributed by atoms with E-state index >= 15 is 0 Å². The standard InChI is InChI=1S/C13H24N2O3S/c16-9-10-2-1-7-15(8-10)19(17,18)14-13(11-3-4-11)12-5-6-12/h10-14,16H,1-9H2. The van der Waals surface area contributed by atoms with Crippen LogP contribution in [0.4, 0.5) is 0 Å². The van der Waals surface area contributed by atoms with Crippen LogP contribution in [0.25, 0.3) is 0 Å². The van der Waals surface area contributed by atoms with Gasteiger partial charge in [0.05, 0.1) is 0 Å². The fourth-order valence-electron chi connectivity index (χ4n) is 3.13. The molecule has 0 amide bonds. The van der Waals surface area contributed by atoms with Gasteiger partial charge in [0.1, 0.15) is 0 Å². The minimum Gasteiger partial charge on any atom is -0.396 e. The van der Waals surface area contributed by atoms with Gasteiger partial charge in [-0.25, -0.2) is 0 Å². The summed E-state index contributed by atoms with van der Waals surface area (Å²) in [6.45, 7) is 1.14. The number of nitrogens with one attached hydrogen (secondary N) is 1. The van der Waals surface area contributed by atoms with Crippen LogP contribution in [0.3, 0.4) is 0 Å². The first kappa shape index (κ1) is 13.8. The molecule has 19 heavy (non-hydrogen) atoms. The topological polar surface area (TPSA) is 69.6 Å². The van der Waals surface area contributed by atoms with Crippen molar-refractivity contribution in [3.8, 4) is 0 Å². The van der Waals surface area contributed by atoms with Crippen LogP contribution in [0.15, 0.2) is 0 Å². The molecular weight excluding hydrogens is 264 g/mol. The first-order valence-electron chi connectivity index (χ1n) is 7.48. The number of rotatable bonds is 6. The molecule has 1 saturated heterocycles. The van der Waals surface area contributed by atoms with Crippen molar-refractivity contribution in [1.82, 2.24) is 9.03 Å². The summed E-state index contributed by atoms with van der Waals surface area (Å²) in [5.74, 6) is 1.24. The van der Waals surface area contributed by atoms with Crippen LogP contribution < -0.4 is 4.72 Å². The highest BCUT2D eigenvalue weighted by Gasteiger charge is 2.44. The largest absolute Gasteiger partial charge is 0.396 e. The number of aliphatic hydroxyl groups excluding tert-OH is 1. The Balaban J connectivity index is 1.64. The van der Waals surface area contributed by atoms with Crippen molar-refractivity contribution < 1.29 is 13.5 Å². The third-order valence-electron chi connectivity index (χ3n) is 4.62. The highest BCUT2D eigenvalue weighted by molar-refractivity contribution is 7.87. The fraction of sp³-hybridized carbons (Fsp3) is 1.00. The predicted octanol–water partition coefficient (Wildman–Crippen LogP) is 0.714. The van der Waals surface area contributed by atoms with Gasteiger partial charge in [-0.2, -0.15) is 17.4 Å². The quantitative estimate of drug-likeness (QED) is 0.756. The van der Waals surface area contributed by atoms with E-state index in [0.717, 1.165) is 12.8 Å². The summed E-state index contributed by atoms with van der Waals surface area (Å²) in [7, 11) is -3.36. The van der Waals surface area contributed by atoms with Crippen molar-refractivity contribution in [1.29, 1.82) is 0 Å². The zero-order valence-electron chi connectivity index (χ0n) is 11.3. The van der Waals surface area contributed by atoms with Crippen LogP contribution in [0.5, 0.6) is 0 Å². The van der Waals surface area contributed by atoms with E-state index in [1.54, 1.807) is 0 Å². The van der Waals surface area contributed by atoms with Crippen molar-refractivity contribution in [3.63, 3.8) is 0 Å². The van der Waals surface area contributed by atoms with Gasteiger partial charge in [-0.15, -0.1) is 0 Å². The van der Waals surface area contributed by atoms with E-state index in [0.29, 0.717) is 24.9 Å². The summed E-state index contributed by atoms with van der Waals surface area (Å²) in [4.78, 5) is 0. The number of aliphatic hydroxyl groups is 1. The minimum absolute atomic E-state index is 0.0840. The van der Waals surface area contributed by atoms with Crippen LogP contribution >= 0.6 is 0 Å².